The average Bonchev–Trinajstić information content (AvgIpc) is 1.93. The van der Waals surface area contributed by atoms with Gasteiger partial charge in [0.1, 0.15) is 0 Å². The molecule has 3 nitrogen and oxygen atoms in total. The average molecular weight is 194 g/mol. The van der Waals surface area contributed by atoms with Crippen LogP contribution in [0.4, 0.5) is 0 Å². The minimum atomic E-state index is -1.14. The van der Waals surface area contributed by atoms with Gasteiger partial charge in [-0.25, -0.2) is 0 Å². The van der Waals surface area contributed by atoms with E-state index in [0.29, 0.717) is 10.6 Å². The molecule has 0 fully saturated rings. The second-order valence-electron chi connectivity index (χ2n) is 2.02. The Morgan fingerprint density at radius 2 is 2.33 bits per heavy atom. The molecule has 1 aromatic heterocycles. The molecule has 1 rings (SSSR count). The Morgan fingerprint density at radius 3 is 2.83 bits per heavy atom. The summed E-state index contributed by atoms with van der Waals surface area (Å²) in [6, 6.07) is 1.55. The molecular formula is C7H5ClNNaO2. The molecule has 0 aliphatic carbocycles. The van der Waals surface area contributed by atoms with Gasteiger partial charge >= 0.3 is 29.6 Å². The zero-order valence-corrected chi connectivity index (χ0v) is 9.34. The SMILES string of the molecule is O=C([O-])Cc1ccncc1Cl.[Na+]. The van der Waals surface area contributed by atoms with E-state index in [2.05, 4.69) is 4.98 Å². The van der Waals surface area contributed by atoms with Crippen LogP contribution in [0, 0.1) is 0 Å². The van der Waals surface area contributed by atoms with Crippen LogP contribution < -0.4 is 34.7 Å². The Bertz CT molecular complexity index is 280. The van der Waals surface area contributed by atoms with Crippen molar-refractivity contribution in [1.29, 1.82) is 0 Å². The molecular weight excluding hydrogens is 189 g/mol. The van der Waals surface area contributed by atoms with Gasteiger partial charge in [0.25, 0.3) is 0 Å². The number of hydrogen-bond acceptors (Lipinski definition) is 3. The number of hydrogen-bond donors (Lipinski definition) is 0. The summed E-state index contributed by atoms with van der Waals surface area (Å²) in [6.07, 6.45) is 2.73. The molecule has 58 valence electrons. The van der Waals surface area contributed by atoms with E-state index < -0.39 is 5.97 Å². The molecule has 0 radical (unpaired) electrons. The van der Waals surface area contributed by atoms with Gasteiger partial charge in [-0.05, 0) is 11.6 Å². The predicted octanol–water partition coefficient (Wildman–Crippen LogP) is -2.97. The molecule has 0 aliphatic heterocycles. The summed E-state index contributed by atoms with van der Waals surface area (Å²) in [5.74, 6) is -1.14. The van der Waals surface area contributed by atoms with Crippen LogP contribution in [0.3, 0.4) is 0 Å². The number of halogens is 1. The van der Waals surface area contributed by atoms with Crippen LogP contribution in [0.15, 0.2) is 18.5 Å². The van der Waals surface area contributed by atoms with Gasteiger partial charge in [-0.3, -0.25) is 4.98 Å². The Morgan fingerprint density at radius 1 is 1.67 bits per heavy atom. The second-order valence-corrected chi connectivity index (χ2v) is 2.42. The number of nitrogens with zero attached hydrogens (tertiary/aromatic N) is 1. The van der Waals surface area contributed by atoms with Gasteiger partial charge in [-0.15, -0.1) is 0 Å². The van der Waals surface area contributed by atoms with Crippen molar-refractivity contribution < 1.29 is 39.5 Å². The molecule has 0 saturated heterocycles. The van der Waals surface area contributed by atoms with E-state index in [9.17, 15) is 9.90 Å². The number of aliphatic carboxylic acids is 1. The molecule has 0 atom stereocenters. The summed E-state index contributed by atoms with van der Waals surface area (Å²) in [7, 11) is 0. The number of carboxylic acid groups (broad SMARTS) is 1. The Labute approximate surface area is 97.1 Å². The number of carbonyl (C=O) groups excluding carboxylic acids is 1. The van der Waals surface area contributed by atoms with Crippen LogP contribution in [0.25, 0.3) is 0 Å². The maximum Gasteiger partial charge on any atom is 1.00 e. The minimum absolute atomic E-state index is 0. The van der Waals surface area contributed by atoms with E-state index in [4.69, 9.17) is 11.6 Å². The molecule has 0 bridgehead atoms. The van der Waals surface area contributed by atoms with Crippen LogP contribution in [0.2, 0.25) is 5.02 Å². The molecule has 1 heterocycles. The van der Waals surface area contributed by atoms with Crippen molar-refractivity contribution in [1.82, 2.24) is 4.98 Å². The third-order valence-electron chi connectivity index (χ3n) is 1.19. The molecule has 0 spiro atoms. The molecule has 5 heteroatoms. The van der Waals surface area contributed by atoms with E-state index in [1.807, 2.05) is 0 Å². The number of carboxylic acids is 1. The van der Waals surface area contributed by atoms with Crippen molar-refractivity contribution in [3.63, 3.8) is 0 Å². The topological polar surface area (TPSA) is 53.0 Å². The van der Waals surface area contributed by atoms with Crippen LogP contribution >= 0.6 is 11.6 Å². The summed E-state index contributed by atoms with van der Waals surface area (Å²) < 4.78 is 0. The van der Waals surface area contributed by atoms with Gasteiger partial charge in [0, 0.05) is 24.8 Å². The molecule has 0 aliphatic rings. The molecule has 0 unspecified atom stereocenters. The molecule has 0 N–H and O–H groups in total. The molecule has 12 heavy (non-hydrogen) atoms. The van der Waals surface area contributed by atoms with Crippen LogP contribution in [-0.4, -0.2) is 11.0 Å². The summed E-state index contributed by atoms with van der Waals surface area (Å²) in [6.45, 7) is 0. The normalized spacial score (nSPS) is 8.75. The third-order valence-corrected chi connectivity index (χ3v) is 1.53. The first-order chi connectivity index (χ1) is 5.20. The third kappa shape index (κ3) is 3.54. The summed E-state index contributed by atoms with van der Waals surface area (Å²) in [4.78, 5) is 13.8. The van der Waals surface area contributed by atoms with Crippen LogP contribution in [0.1, 0.15) is 5.56 Å². The van der Waals surface area contributed by atoms with Crippen molar-refractivity contribution in [2.75, 3.05) is 0 Å². The first-order valence-electron chi connectivity index (χ1n) is 2.98. The van der Waals surface area contributed by atoms with Gasteiger partial charge in [0.2, 0.25) is 0 Å². The fourth-order valence-electron chi connectivity index (χ4n) is 0.703. The second kappa shape index (κ2) is 5.54. The van der Waals surface area contributed by atoms with E-state index in [-0.39, 0.29) is 36.0 Å². The zero-order valence-electron chi connectivity index (χ0n) is 6.58. The monoisotopic (exact) mass is 193 g/mol. The summed E-state index contributed by atoms with van der Waals surface area (Å²) in [5, 5.41) is 10.5. The quantitative estimate of drug-likeness (QED) is 0.472. The molecule has 0 aromatic carbocycles. The van der Waals surface area contributed by atoms with Crippen LogP contribution in [0.5, 0.6) is 0 Å². The van der Waals surface area contributed by atoms with E-state index in [0.717, 1.165) is 0 Å². The Kier molecular flexibility index (Phi) is 5.50. The number of rotatable bonds is 2. The molecule has 1 aromatic rings. The van der Waals surface area contributed by atoms with Crippen molar-refractivity contribution in [3.05, 3.63) is 29.0 Å². The minimum Gasteiger partial charge on any atom is -0.550 e. The van der Waals surface area contributed by atoms with Gasteiger partial charge in [0.05, 0.1) is 5.02 Å². The molecule has 0 saturated carbocycles. The smallest absolute Gasteiger partial charge is 0.550 e. The first kappa shape index (κ1) is 11.9. The first-order valence-corrected chi connectivity index (χ1v) is 3.36. The van der Waals surface area contributed by atoms with Crippen molar-refractivity contribution in [2.45, 2.75) is 6.42 Å². The maximum atomic E-state index is 10.1. The molecule has 0 amide bonds. The maximum absolute atomic E-state index is 10.1. The van der Waals surface area contributed by atoms with E-state index >= 15 is 0 Å². The van der Waals surface area contributed by atoms with Gasteiger partial charge in [0.15, 0.2) is 0 Å². The van der Waals surface area contributed by atoms with Gasteiger partial charge < -0.3 is 9.90 Å². The van der Waals surface area contributed by atoms with Gasteiger partial charge in [-0.2, -0.15) is 0 Å². The number of carbonyl (C=O) groups is 1. The standard InChI is InChI=1S/C7H6ClNO2.Na/c8-6-4-9-2-1-5(6)3-7(10)11;/h1-2,4H,3H2,(H,10,11);/q;+1/p-1. The number of aromatic nitrogens is 1. The fraction of sp³-hybridized carbons (Fsp3) is 0.143. The van der Waals surface area contributed by atoms with Crippen LogP contribution in [-0.2, 0) is 11.2 Å². The summed E-state index contributed by atoms with van der Waals surface area (Å²) in [5.41, 5.74) is 0.529. The Balaban J connectivity index is 0.00000121. The van der Waals surface area contributed by atoms with E-state index in [1.54, 1.807) is 6.07 Å². The van der Waals surface area contributed by atoms with Gasteiger partial charge in [-0.1, -0.05) is 11.6 Å². The van der Waals surface area contributed by atoms with Crippen molar-refractivity contribution in [2.24, 2.45) is 0 Å². The predicted molar refractivity (Wildman–Crippen MR) is 38.0 cm³/mol. The van der Waals surface area contributed by atoms with Crippen molar-refractivity contribution >= 4 is 17.6 Å². The Hall–Kier alpha value is -0.0900. The summed E-state index contributed by atoms with van der Waals surface area (Å²) >= 11 is 5.61. The zero-order chi connectivity index (χ0) is 8.27. The largest absolute Gasteiger partial charge is 1.00 e. The van der Waals surface area contributed by atoms with Crippen molar-refractivity contribution in [3.8, 4) is 0 Å². The van der Waals surface area contributed by atoms with E-state index in [1.165, 1.54) is 12.4 Å². The fourth-order valence-corrected chi connectivity index (χ4v) is 0.889. The number of pyridine rings is 1.